The molecule has 18 heavy (non-hydrogen) atoms. The van der Waals surface area contributed by atoms with Gasteiger partial charge in [-0.25, -0.2) is 8.42 Å². The van der Waals surface area contributed by atoms with E-state index in [1.807, 2.05) is 0 Å². The Morgan fingerprint density at radius 2 is 1.61 bits per heavy atom. The third-order valence-corrected chi connectivity index (χ3v) is 6.38. The van der Waals surface area contributed by atoms with E-state index in [2.05, 4.69) is 4.90 Å². The molecule has 0 bridgehead atoms. The van der Waals surface area contributed by atoms with Crippen molar-refractivity contribution >= 4 is 9.84 Å². The molecule has 5 heteroatoms. The van der Waals surface area contributed by atoms with Crippen molar-refractivity contribution in [2.24, 2.45) is 5.73 Å². The quantitative estimate of drug-likeness (QED) is 0.821. The Hall–Kier alpha value is -0.130. The molecule has 0 aromatic heterocycles. The maximum atomic E-state index is 11.9. The van der Waals surface area contributed by atoms with Gasteiger partial charge in [-0.3, -0.25) is 4.90 Å². The van der Waals surface area contributed by atoms with Crippen LogP contribution >= 0.6 is 0 Å². The highest BCUT2D eigenvalue weighted by Crippen LogP contribution is 2.30. The Bertz CT molecular complexity index is 361. The molecular formula is C13H26N2O2S. The third-order valence-electron chi connectivity index (χ3n) is 4.49. The first-order valence-corrected chi connectivity index (χ1v) is 9.06. The van der Waals surface area contributed by atoms with Crippen LogP contribution in [-0.4, -0.2) is 50.0 Å². The smallest absolute Gasteiger partial charge is 0.152 e. The Labute approximate surface area is 111 Å². The molecule has 2 aliphatic rings. The Balaban J connectivity index is 2.13. The monoisotopic (exact) mass is 274 g/mol. The minimum atomic E-state index is -2.89. The van der Waals surface area contributed by atoms with Crippen molar-refractivity contribution in [3.8, 4) is 0 Å². The molecule has 2 fully saturated rings. The zero-order chi connectivity index (χ0) is 13.1. The number of rotatable bonds is 2. The molecule has 4 nitrogen and oxygen atoms in total. The molecule has 106 valence electrons. The van der Waals surface area contributed by atoms with Crippen molar-refractivity contribution in [3.05, 3.63) is 0 Å². The van der Waals surface area contributed by atoms with Gasteiger partial charge in [-0.15, -0.1) is 0 Å². The second-order valence-electron chi connectivity index (χ2n) is 5.88. The molecule has 2 N–H and O–H groups in total. The van der Waals surface area contributed by atoms with Gasteiger partial charge in [-0.1, -0.05) is 19.3 Å². The lowest BCUT2D eigenvalue weighted by Crippen LogP contribution is -2.60. The van der Waals surface area contributed by atoms with Crippen molar-refractivity contribution < 1.29 is 8.42 Å². The first-order chi connectivity index (χ1) is 8.58. The summed E-state index contributed by atoms with van der Waals surface area (Å²) in [4.78, 5) is 2.39. The fraction of sp³-hybridized carbons (Fsp3) is 1.00. The molecule has 1 atom stereocenters. The molecule has 0 radical (unpaired) electrons. The van der Waals surface area contributed by atoms with E-state index < -0.39 is 9.84 Å². The van der Waals surface area contributed by atoms with Gasteiger partial charge in [0.05, 0.1) is 11.5 Å². The number of nitrogens with two attached hydrogens (primary N) is 1. The largest absolute Gasteiger partial charge is 0.329 e. The average molecular weight is 274 g/mol. The standard InChI is InChI=1S/C13H26N2O2S/c14-11-13(7-6-10-18(16,17)12-13)15-8-4-2-1-3-5-9-15/h1-12,14H2. The van der Waals surface area contributed by atoms with Crippen molar-refractivity contribution in [2.75, 3.05) is 31.1 Å². The first-order valence-electron chi connectivity index (χ1n) is 7.24. The highest BCUT2D eigenvalue weighted by atomic mass is 32.2. The molecule has 1 unspecified atom stereocenters. The maximum absolute atomic E-state index is 11.9. The van der Waals surface area contributed by atoms with Gasteiger partial charge in [0, 0.05) is 12.1 Å². The van der Waals surface area contributed by atoms with E-state index in [9.17, 15) is 8.42 Å². The number of hydrogen-bond donors (Lipinski definition) is 1. The molecule has 0 aromatic carbocycles. The second kappa shape index (κ2) is 5.88. The Morgan fingerprint density at radius 1 is 1.00 bits per heavy atom. The zero-order valence-corrected chi connectivity index (χ0v) is 12.1. The van der Waals surface area contributed by atoms with Gasteiger partial charge >= 0.3 is 0 Å². The number of nitrogens with zero attached hydrogens (tertiary/aromatic N) is 1. The Morgan fingerprint density at radius 3 is 2.17 bits per heavy atom. The van der Waals surface area contributed by atoms with E-state index in [0.717, 1.165) is 25.9 Å². The molecule has 2 heterocycles. The molecular weight excluding hydrogens is 248 g/mol. The van der Waals surface area contributed by atoms with Gasteiger partial charge < -0.3 is 5.73 Å². The molecule has 2 aliphatic heterocycles. The third kappa shape index (κ3) is 3.25. The fourth-order valence-corrected chi connectivity index (χ4v) is 5.43. The van der Waals surface area contributed by atoms with Crippen LogP contribution in [0.1, 0.15) is 44.9 Å². The van der Waals surface area contributed by atoms with Crippen LogP contribution in [0.3, 0.4) is 0 Å². The van der Waals surface area contributed by atoms with Crippen molar-refractivity contribution in [3.63, 3.8) is 0 Å². The lowest BCUT2D eigenvalue weighted by Gasteiger charge is -2.46. The maximum Gasteiger partial charge on any atom is 0.152 e. The SMILES string of the molecule is NCC1(N2CCCCCCC2)CCCS(=O)(=O)C1. The van der Waals surface area contributed by atoms with Crippen LogP contribution < -0.4 is 5.73 Å². The summed E-state index contributed by atoms with van der Waals surface area (Å²) in [5.74, 6) is 0.624. The topological polar surface area (TPSA) is 63.4 Å². The Kier molecular flexibility index (Phi) is 4.67. The van der Waals surface area contributed by atoms with E-state index in [0.29, 0.717) is 12.3 Å². The molecule has 2 rings (SSSR count). The minimum Gasteiger partial charge on any atom is -0.329 e. The van der Waals surface area contributed by atoms with Crippen molar-refractivity contribution in [1.82, 2.24) is 4.90 Å². The van der Waals surface area contributed by atoms with Crippen LogP contribution in [0.15, 0.2) is 0 Å². The van der Waals surface area contributed by atoms with Crippen LogP contribution in [-0.2, 0) is 9.84 Å². The van der Waals surface area contributed by atoms with Gasteiger partial charge in [0.25, 0.3) is 0 Å². The fourth-order valence-electron chi connectivity index (χ4n) is 3.44. The van der Waals surface area contributed by atoms with Crippen molar-refractivity contribution in [2.45, 2.75) is 50.5 Å². The van der Waals surface area contributed by atoms with Crippen LogP contribution in [0.5, 0.6) is 0 Å². The summed E-state index contributed by atoms with van der Waals surface area (Å²) in [6, 6.07) is 0. The molecule has 0 saturated carbocycles. The molecule has 0 aromatic rings. The summed E-state index contributed by atoms with van der Waals surface area (Å²) in [5, 5.41) is 0. The first kappa shape index (κ1) is 14.3. The summed E-state index contributed by atoms with van der Waals surface area (Å²) in [7, 11) is -2.89. The van der Waals surface area contributed by atoms with Crippen LogP contribution in [0, 0.1) is 0 Å². The van der Waals surface area contributed by atoms with E-state index in [1.165, 1.54) is 32.1 Å². The highest BCUT2D eigenvalue weighted by Gasteiger charge is 2.42. The second-order valence-corrected chi connectivity index (χ2v) is 8.06. The van der Waals surface area contributed by atoms with E-state index in [-0.39, 0.29) is 11.3 Å². The van der Waals surface area contributed by atoms with E-state index in [1.54, 1.807) is 0 Å². The van der Waals surface area contributed by atoms with Gasteiger partial charge in [-0.2, -0.15) is 0 Å². The number of hydrogen-bond acceptors (Lipinski definition) is 4. The summed E-state index contributed by atoms with van der Waals surface area (Å²) in [5.41, 5.74) is 5.70. The van der Waals surface area contributed by atoms with Gasteiger partial charge in [0.15, 0.2) is 9.84 Å². The lowest BCUT2D eigenvalue weighted by atomic mass is 9.91. The van der Waals surface area contributed by atoms with Gasteiger partial charge in [0.2, 0.25) is 0 Å². The molecule has 2 saturated heterocycles. The summed E-state index contributed by atoms with van der Waals surface area (Å²) < 4.78 is 23.9. The minimum absolute atomic E-state index is 0.269. The van der Waals surface area contributed by atoms with Gasteiger partial charge in [-0.05, 0) is 38.8 Å². The molecule has 0 aliphatic carbocycles. The number of sulfone groups is 1. The highest BCUT2D eigenvalue weighted by molar-refractivity contribution is 7.91. The summed E-state index contributed by atoms with van der Waals surface area (Å²) in [6.45, 7) is 2.52. The zero-order valence-electron chi connectivity index (χ0n) is 11.2. The normalized spacial score (nSPS) is 34.7. The van der Waals surface area contributed by atoms with Gasteiger partial charge in [0.1, 0.15) is 0 Å². The molecule has 0 amide bonds. The predicted molar refractivity (Wildman–Crippen MR) is 74.3 cm³/mol. The van der Waals surface area contributed by atoms with Crippen LogP contribution in [0.25, 0.3) is 0 Å². The average Bonchev–Trinajstić information content (AvgIpc) is 2.26. The van der Waals surface area contributed by atoms with Crippen LogP contribution in [0.4, 0.5) is 0 Å². The number of likely N-dealkylation sites (tertiary alicyclic amines) is 1. The summed E-state index contributed by atoms with van der Waals surface area (Å²) >= 11 is 0. The lowest BCUT2D eigenvalue weighted by molar-refractivity contribution is 0.0897. The van der Waals surface area contributed by atoms with Crippen LogP contribution in [0.2, 0.25) is 0 Å². The predicted octanol–water partition coefficient (Wildman–Crippen LogP) is 1.16. The molecule has 0 spiro atoms. The van der Waals surface area contributed by atoms with E-state index in [4.69, 9.17) is 5.73 Å². The van der Waals surface area contributed by atoms with Crippen molar-refractivity contribution in [1.29, 1.82) is 0 Å². The summed E-state index contributed by atoms with van der Waals surface area (Å²) in [6.07, 6.45) is 7.94. The van der Waals surface area contributed by atoms with E-state index >= 15 is 0 Å².